The van der Waals surface area contributed by atoms with Crippen LogP contribution < -0.4 is 0 Å². The number of likely N-dealkylation sites (tertiary alicyclic amines) is 1. The Morgan fingerprint density at radius 3 is 2.54 bits per heavy atom. The summed E-state index contributed by atoms with van der Waals surface area (Å²) in [4.78, 5) is 23.6. The Bertz CT molecular complexity index is 1280. The number of nitrogens with one attached hydrogen (secondary N) is 1. The van der Waals surface area contributed by atoms with Crippen molar-refractivity contribution in [2.45, 2.75) is 38.2 Å². The topological polar surface area (TPSA) is 91.2 Å². The van der Waals surface area contributed by atoms with Crippen LogP contribution in [0.4, 0.5) is 0 Å². The summed E-state index contributed by atoms with van der Waals surface area (Å²) in [6, 6.07) is 15.6. The van der Waals surface area contributed by atoms with Crippen molar-refractivity contribution in [1.82, 2.24) is 14.9 Å². The zero-order chi connectivity index (χ0) is 24.6. The largest absolute Gasteiger partial charge is 0.381 e. The van der Waals surface area contributed by atoms with E-state index in [-0.39, 0.29) is 5.91 Å². The smallest absolute Gasteiger partial charge is 0.253 e. The molecule has 2 fully saturated rings. The van der Waals surface area contributed by atoms with E-state index in [4.69, 9.17) is 19.7 Å². The third kappa shape index (κ3) is 4.24. The summed E-state index contributed by atoms with van der Waals surface area (Å²) in [7, 11) is 1.73. The van der Waals surface area contributed by atoms with Crippen LogP contribution in [-0.4, -0.2) is 54.2 Å². The molecule has 0 unspecified atom stereocenters. The number of aromatic amines is 1. The van der Waals surface area contributed by atoms with E-state index in [1.54, 1.807) is 7.11 Å². The first-order valence-electron chi connectivity index (χ1n) is 12.0. The highest BCUT2D eigenvalue weighted by Gasteiger charge is 2.38. The standard InChI is InChI=1S/C28H30N4O3/c1-18-4-7-22(26(33)32-16-23(17-32)21-8-5-20(15-29)6-9-21)14-24(18)25-19(2)30-27(31-25)28(34-3)10-12-35-13-11-28/h4-9,14,23H,10-13,16-17H2,1-3H3,(H,30,31). The number of amides is 1. The third-order valence-corrected chi connectivity index (χ3v) is 7.43. The Balaban J connectivity index is 1.35. The predicted octanol–water partition coefficient (Wildman–Crippen LogP) is 4.46. The fraction of sp³-hybridized carbons (Fsp3) is 0.393. The van der Waals surface area contributed by atoms with E-state index in [9.17, 15) is 4.79 Å². The monoisotopic (exact) mass is 470 g/mol. The number of nitriles is 1. The molecular formula is C28H30N4O3. The van der Waals surface area contributed by atoms with Crippen LogP contribution in [0.3, 0.4) is 0 Å². The minimum absolute atomic E-state index is 0.0300. The van der Waals surface area contributed by atoms with Crippen LogP contribution in [0.5, 0.6) is 0 Å². The second-order valence-electron chi connectivity index (χ2n) is 9.54. The number of rotatable bonds is 5. The number of ether oxygens (including phenoxy) is 2. The van der Waals surface area contributed by atoms with E-state index in [0.717, 1.165) is 46.7 Å². The highest BCUT2D eigenvalue weighted by Crippen LogP contribution is 2.37. The summed E-state index contributed by atoms with van der Waals surface area (Å²) in [6.07, 6.45) is 1.51. The highest BCUT2D eigenvalue weighted by molar-refractivity contribution is 5.96. The molecule has 2 saturated heterocycles. The zero-order valence-electron chi connectivity index (χ0n) is 20.4. The van der Waals surface area contributed by atoms with E-state index in [1.165, 1.54) is 0 Å². The van der Waals surface area contributed by atoms with Gasteiger partial charge >= 0.3 is 0 Å². The van der Waals surface area contributed by atoms with Gasteiger partial charge < -0.3 is 19.4 Å². The van der Waals surface area contributed by atoms with Gasteiger partial charge in [0.2, 0.25) is 0 Å². The maximum atomic E-state index is 13.3. The maximum absolute atomic E-state index is 13.3. The van der Waals surface area contributed by atoms with Crippen molar-refractivity contribution in [3.8, 4) is 17.3 Å². The second-order valence-corrected chi connectivity index (χ2v) is 9.54. The Labute approximate surface area is 205 Å². The lowest BCUT2D eigenvalue weighted by Gasteiger charge is -2.39. The highest BCUT2D eigenvalue weighted by atomic mass is 16.5. The number of hydrogen-bond acceptors (Lipinski definition) is 5. The van der Waals surface area contributed by atoms with Crippen molar-refractivity contribution in [2.24, 2.45) is 0 Å². The quantitative estimate of drug-likeness (QED) is 0.595. The van der Waals surface area contributed by atoms with Gasteiger partial charge in [0, 0.05) is 69.0 Å². The van der Waals surface area contributed by atoms with E-state index in [0.29, 0.717) is 43.3 Å². The molecule has 1 aromatic heterocycles. The van der Waals surface area contributed by atoms with Gasteiger partial charge in [0.25, 0.3) is 5.91 Å². The Kier molecular flexibility index (Phi) is 6.18. The molecule has 3 heterocycles. The van der Waals surface area contributed by atoms with Gasteiger partial charge in [0.05, 0.1) is 17.3 Å². The molecule has 0 saturated carbocycles. The minimum atomic E-state index is -0.472. The molecule has 0 bridgehead atoms. The molecule has 2 aliphatic heterocycles. The average molecular weight is 471 g/mol. The van der Waals surface area contributed by atoms with Crippen LogP contribution >= 0.6 is 0 Å². The molecule has 1 amide bonds. The van der Waals surface area contributed by atoms with Crippen molar-refractivity contribution in [2.75, 3.05) is 33.4 Å². The molecule has 2 aromatic carbocycles. The Hall–Kier alpha value is -3.47. The van der Waals surface area contributed by atoms with Gasteiger partial charge in [0.15, 0.2) is 0 Å². The first-order chi connectivity index (χ1) is 16.9. The number of aromatic nitrogens is 2. The maximum Gasteiger partial charge on any atom is 0.253 e. The van der Waals surface area contributed by atoms with Crippen LogP contribution in [0.1, 0.15) is 57.3 Å². The number of carbonyl (C=O) groups is 1. The van der Waals surface area contributed by atoms with E-state index in [2.05, 4.69) is 11.1 Å². The molecule has 35 heavy (non-hydrogen) atoms. The Morgan fingerprint density at radius 2 is 1.89 bits per heavy atom. The van der Waals surface area contributed by atoms with Crippen molar-refractivity contribution in [1.29, 1.82) is 5.26 Å². The minimum Gasteiger partial charge on any atom is -0.381 e. The molecule has 180 valence electrons. The summed E-state index contributed by atoms with van der Waals surface area (Å²) < 4.78 is 11.5. The number of methoxy groups -OCH3 is 1. The summed E-state index contributed by atoms with van der Waals surface area (Å²) in [6.45, 7) is 6.70. The summed E-state index contributed by atoms with van der Waals surface area (Å²) in [5.41, 5.74) is 5.85. The van der Waals surface area contributed by atoms with Crippen LogP contribution in [0.25, 0.3) is 11.3 Å². The fourth-order valence-corrected chi connectivity index (χ4v) is 5.05. The lowest BCUT2D eigenvalue weighted by molar-refractivity contribution is -0.0995. The Morgan fingerprint density at radius 1 is 1.17 bits per heavy atom. The number of benzene rings is 2. The van der Waals surface area contributed by atoms with Crippen molar-refractivity contribution < 1.29 is 14.3 Å². The molecule has 7 heteroatoms. The van der Waals surface area contributed by atoms with E-state index < -0.39 is 5.60 Å². The molecular weight excluding hydrogens is 440 g/mol. The van der Waals surface area contributed by atoms with Crippen LogP contribution in [0.2, 0.25) is 0 Å². The van der Waals surface area contributed by atoms with E-state index in [1.807, 2.05) is 61.2 Å². The number of imidazole rings is 1. The number of nitrogens with zero attached hydrogens (tertiary/aromatic N) is 3. The number of carbonyl (C=O) groups excluding carboxylic acids is 1. The number of hydrogen-bond donors (Lipinski definition) is 1. The van der Waals surface area contributed by atoms with Crippen LogP contribution in [0, 0.1) is 25.2 Å². The molecule has 5 rings (SSSR count). The molecule has 0 spiro atoms. The average Bonchev–Trinajstić information content (AvgIpc) is 3.26. The molecule has 0 aliphatic carbocycles. The molecule has 7 nitrogen and oxygen atoms in total. The van der Waals surface area contributed by atoms with Gasteiger partial charge in [-0.2, -0.15) is 5.26 Å². The van der Waals surface area contributed by atoms with Crippen LogP contribution in [-0.2, 0) is 15.1 Å². The molecule has 2 aliphatic rings. The molecule has 0 atom stereocenters. The predicted molar refractivity (Wildman–Crippen MR) is 132 cm³/mol. The normalized spacial score (nSPS) is 17.6. The van der Waals surface area contributed by atoms with Crippen LogP contribution in [0.15, 0.2) is 42.5 Å². The fourth-order valence-electron chi connectivity index (χ4n) is 5.05. The summed E-state index contributed by atoms with van der Waals surface area (Å²) in [5.74, 6) is 1.15. The van der Waals surface area contributed by atoms with Gasteiger partial charge in [-0.3, -0.25) is 4.79 Å². The summed E-state index contributed by atoms with van der Waals surface area (Å²) in [5, 5.41) is 8.99. The third-order valence-electron chi connectivity index (χ3n) is 7.43. The number of aryl methyl sites for hydroxylation is 2. The lowest BCUT2D eigenvalue weighted by Crippen LogP contribution is -2.48. The summed E-state index contributed by atoms with van der Waals surface area (Å²) >= 11 is 0. The molecule has 1 N–H and O–H groups in total. The van der Waals surface area contributed by atoms with E-state index >= 15 is 0 Å². The van der Waals surface area contributed by atoms with Crippen molar-refractivity contribution in [3.05, 3.63) is 76.2 Å². The van der Waals surface area contributed by atoms with Gasteiger partial charge in [0.1, 0.15) is 11.4 Å². The van der Waals surface area contributed by atoms with Gasteiger partial charge in [-0.05, 0) is 49.2 Å². The number of H-pyrrole nitrogens is 1. The molecule has 3 aromatic rings. The first kappa shape index (κ1) is 23.3. The van der Waals surface area contributed by atoms with Gasteiger partial charge in [-0.25, -0.2) is 4.98 Å². The van der Waals surface area contributed by atoms with Crippen molar-refractivity contribution >= 4 is 5.91 Å². The van der Waals surface area contributed by atoms with Gasteiger partial charge in [-0.1, -0.05) is 18.2 Å². The SMILES string of the molecule is COC1(c2nc(-c3cc(C(=O)N4CC(c5ccc(C#N)cc5)C4)ccc3C)c(C)[nH]2)CCOCC1. The zero-order valence-corrected chi connectivity index (χ0v) is 20.4. The van der Waals surface area contributed by atoms with Gasteiger partial charge in [-0.15, -0.1) is 0 Å². The molecule has 0 radical (unpaired) electrons. The lowest BCUT2D eigenvalue weighted by atomic mass is 9.90. The first-order valence-corrected chi connectivity index (χ1v) is 12.0. The second kappa shape index (κ2) is 9.29. The van der Waals surface area contributed by atoms with Crippen molar-refractivity contribution in [3.63, 3.8) is 0 Å².